The Morgan fingerprint density at radius 1 is 1.23 bits per heavy atom. The van der Waals surface area contributed by atoms with Crippen LogP contribution in [0, 0.1) is 0 Å². The molecule has 4 rings (SSSR count). The Morgan fingerprint density at radius 3 is 2.77 bits per heavy atom. The lowest BCUT2D eigenvalue weighted by molar-refractivity contribution is -0.189. The van der Waals surface area contributed by atoms with Crippen molar-refractivity contribution in [3.8, 4) is 5.75 Å². The number of halogens is 2. The van der Waals surface area contributed by atoms with Gasteiger partial charge in [0, 0.05) is 6.54 Å². The molecule has 0 saturated carbocycles. The number of carbonyl (C=O) groups excluding carboxylic acids is 1. The highest BCUT2D eigenvalue weighted by Gasteiger charge is 2.47. The predicted octanol–water partition coefficient (Wildman–Crippen LogP) is 2.97. The van der Waals surface area contributed by atoms with Crippen LogP contribution in [-0.4, -0.2) is 36.3 Å². The van der Waals surface area contributed by atoms with Crippen LogP contribution in [0.5, 0.6) is 5.75 Å². The Balaban J connectivity index is 1.69. The topological polar surface area (TPSA) is 63.7 Å². The van der Waals surface area contributed by atoms with Crippen molar-refractivity contribution in [3.63, 3.8) is 0 Å². The fourth-order valence-corrected chi connectivity index (χ4v) is 3.14. The SMILES string of the molecule is C[C@@H]1CN(c2ccc3c(n2)NC(=O)C(F)(F)O3)[C@H](c2ccccc2)CO1. The van der Waals surface area contributed by atoms with Gasteiger partial charge in [0.25, 0.3) is 0 Å². The molecule has 0 bridgehead atoms. The van der Waals surface area contributed by atoms with Gasteiger partial charge >= 0.3 is 12.0 Å². The van der Waals surface area contributed by atoms with Crippen LogP contribution in [0.1, 0.15) is 18.5 Å². The highest BCUT2D eigenvalue weighted by Crippen LogP contribution is 2.37. The molecule has 6 nitrogen and oxygen atoms in total. The normalized spacial score (nSPS) is 24.4. The lowest BCUT2D eigenvalue weighted by atomic mass is 10.0. The summed E-state index contributed by atoms with van der Waals surface area (Å²) >= 11 is 0. The largest absolute Gasteiger partial charge is 0.482 e. The van der Waals surface area contributed by atoms with Crippen molar-refractivity contribution in [2.45, 2.75) is 25.2 Å². The molecule has 136 valence electrons. The molecule has 2 aliphatic rings. The molecule has 0 radical (unpaired) electrons. The van der Waals surface area contributed by atoms with E-state index in [2.05, 4.69) is 15.0 Å². The monoisotopic (exact) mass is 361 g/mol. The van der Waals surface area contributed by atoms with Crippen LogP contribution in [0.4, 0.5) is 20.4 Å². The van der Waals surface area contributed by atoms with Crippen molar-refractivity contribution in [2.75, 3.05) is 23.4 Å². The summed E-state index contributed by atoms with van der Waals surface area (Å²) in [5, 5.41) is 2.11. The molecule has 1 fully saturated rings. The Morgan fingerprint density at radius 2 is 2.00 bits per heavy atom. The third kappa shape index (κ3) is 2.96. The Bertz CT molecular complexity index is 832. The molecule has 2 aliphatic heterocycles. The van der Waals surface area contributed by atoms with E-state index in [4.69, 9.17) is 4.74 Å². The minimum atomic E-state index is -3.89. The molecule has 8 heteroatoms. The van der Waals surface area contributed by atoms with E-state index in [1.165, 1.54) is 6.07 Å². The first-order chi connectivity index (χ1) is 12.4. The molecule has 2 aromatic rings. The zero-order chi connectivity index (χ0) is 18.3. The first-order valence-electron chi connectivity index (χ1n) is 8.26. The van der Waals surface area contributed by atoms with Crippen LogP contribution in [0.15, 0.2) is 42.5 Å². The van der Waals surface area contributed by atoms with Gasteiger partial charge in [0.15, 0.2) is 11.6 Å². The van der Waals surface area contributed by atoms with Crippen molar-refractivity contribution in [1.29, 1.82) is 0 Å². The second-order valence-corrected chi connectivity index (χ2v) is 6.31. The summed E-state index contributed by atoms with van der Waals surface area (Å²) in [5.74, 6) is -1.13. The second-order valence-electron chi connectivity index (χ2n) is 6.31. The summed E-state index contributed by atoms with van der Waals surface area (Å²) in [7, 11) is 0. The number of morpholine rings is 1. The summed E-state index contributed by atoms with van der Waals surface area (Å²) in [5.41, 5.74) is 1.06. The molecule has 3 heterocycles. The third-order valence-electron chi connectivity index (χ3n) is 4.43. The van der Waals surface area contributed by atoms with Gasteiger partial charge in [0.2, 0.25) is 0 Å². The molecule has 26 heavy (non-hydrogen) atoms. The van der Waals surface area contributed by atoms with Crippen molar-refractivity contribution in [2.24, 2.45) is 0 Å². The molecule has 1 aromatic carbocycles. The zero-order valence-electron chi connectivity index (χ0n) is 14.0. The number of fused-ring (bicyclic) bond motifs is 1. The molecule has 1 amide bonds. The summed E-state index contributed by atoms with van der Waals surface area (Å²) in [6, 6.07) is 12.8. The minimum absolute atomic E-state index is 0.00983. The van der Waals surface area contributed by atoms with Crippen LogP contribution in [0.25, 0.3) is 0 Å². The third-order valence-corrected chi connectivity index (χ3v) is 4.43. The Kier molecular flexibility index (Phi) is 3.99. The number of aromatic nitrogens is 1. The minimum Gasteiger partial charge on any atom is -0.421 e. The summed E-state index contributed by atoms with van der Waals surface area (Å²) in [4.78, 5) is 17.8. The quantitative estimate of drug-likeness (QED) is 0.891. The van der Waals surface area contributed by atoms with Gasteiger partial charge < -0.3 is 14.4 Å². The van der Waals surface area contributed by atoms with Gasteiger partial charge in [-0.05, 0) is 24.6 Å². The maximum atomic E-state index is 13.4. The van der Waals surface area contributed by atoms with Gasteiger partial charge in [-0.2, -0.15) is 8.78 Å². The molecule has 2 atom stereocenters. The maximum Gasteiger partial charge on any atom is 0.482 e. The number of rotatable bonds is 2. The van der Waals surface area contributed by atoms with Crippen molar-refractivity contribution < 1.29 is 23.0 Å². The lowest BCUT2D eigenvalue weighted by Crippen LogP contribution is -2.45. The van der Waals surface area contributed by atoms with E-state index in [9.17, 15) is 13.6 Å². The second kappa shape index (κ2) is 6.21. The van der Waals surface area contributed by atoms with Gasteiger partial charge in [-0.25, -0.2) is 4.98 Å². The first-order valence-corrected chi connectivity index (χ1v) is 8.26. The van der Waals surface area contributed by atoms with E-state index < -0.39 is 12.0 Å². The average molecular weight is 361 g/mol. The number of benzene rings is 1. The number of carbonyl (C=O) groups is 1. The number of hydrogen-bond acceptors (Lipinski definition) is 5. The molecular formula is C18H17F2N3O3. The summed E-state index contributed by atoms with van der Waals surface area (Å²) in [6.07, 6.45) is -3.90. The van der Waals surface area contributed by atoms with Crippen LogP contribution >= 0.6 is 0 Å². The summed E-state index contributed by atoms with van der Waals surface area (Å²) < 4.78 is 37.0. The number of nitrogens with one attached hydrogen (secondary N) is 1. The first kappa shape index (κ1) is 16.7. The maximum absolute atomic E-state index is 13.4. The van der Waals surface area contributed by atoms with Crippen LogP contribution in [-0.2, 0) is 9.53 Å². The van der Waals surface area contributed by atoms with Gasteiger partial charge in [-0.1, -0.05) is 30.3 Å². The van der Waals surface area contributed by atoms with Gasteiger partial charge in [0.1, 0.15) is 5.82 Å². The van der Waals surface area contributed by atoms with Crippen molar-refractivity contribution in [3.05, 3.63) is 48.0 Å². The number of nitrogens with zero attached hydrogens (tertiary/aromatic N) is 2. The molecule has 0 spiro atoms. The number of ether oxygens (including phenoxy) is 2. The Labute approximate surface area is 148 Å². The number of amides is 1. The Hall–Kier alpha value is -2.74. The molecule has 1 aromatic heterocycles. The molecule has 0 unspecified atom stereocenters. The number of pyridine rings is 1. The number of anilines is 2. The number of hydrogen-bond donors (Lipinski definition) is 1. The van der Waals surface area contributed by atoms with Crippen LogP contribution < -0.4 is 15.0 Å². The highest BCUT2D eigenvalue weighted by atomic mass is 19.3. The fourth-order valence-electron chi connectivity index (χ4n) is 3.14. The molecule has 0 aliphatic carbocycles. The van der Waals surface area contributed by atoms with Crippen LogP contribution in [0.3, 0.4) is 0 Å². The van der Waals surface area contributed by atoms with Gasteiger partial charge in [-0.15, -0.1) is 0 Å². The number of alkyl halides is 2. The van der Waals surface area contributed by atoms with E-state index in [-0.39, 0.29) is 23.7 Å². The van der Waals surface area contributed by atoms with E-state index in [1.807, 2.05) is 42.2 Å². The zero-order valence-corrected chi connectivity index (χ0v) is 14.0. The average Bonchev–Trinajstić information content (AvgIpc) is 2.63. The highest BCUT2D eigenvalue weighted by molar-refractivity contribution is 5.97. The smallest absolute Gasteiger partial charge is 0.421 e. The fraction of sp³-hybridized carbons (Fsp3) is 0.333. The molecule has 1 saturated heterocycles. The van der Waals surface area contributed by atoms with Gasteiger partial charge in [0.05, 0.1) is 18.8 Å². The van der Waals surface area contributed by atoms with E-state index in [0.29, 0.717) is 19.0 Å². The van der Waals surface area contributed by atoms with Gasteiger partial charge in [-0.3, -0.25) is 10.1 Å². The van der Waals surface area contributed by atoms with E-state index in [0.717, 1.165) is 5.56 Å². The molecule has 1 N–H and O–H groups in total. The van der Waals surface area contributed by atoms with E-state index in [1.54, 1.807) is 6.07 Å². The summed E-state index contributed by atoms with van der Waals surface area (Å²) in [6.45, 7) is 3.01. The van der Waals surface area contributed by atoms with E-state index >= 15 is 0 Å². The predicted molar refractivity (Wildman–Crippen MR) is 90.4 cm³/mol. The molecular weight excluding hydrogens is 344 g/mol. The van der Waals surface area contributed by atoms with Crippen LogP contribution in [0.2, 0.25) is 0 Å². The van der Waals surface area contributed by atoms with Crippen molar-refractivity contribution in [1.82, 2.24) is 4.98 Å². The van der Waals surface area contributed by atoms with Crippen molar-refractivity contribution >= 4 is 17.5 Å². The standard InChI is InChI=1S/C18H17F2N3O3/c1-11-9-23(13(10-25-11)12-5-3-2-4-6-12)15-8-7-14-16(21-15)22-17(24)18(19,20)26-14/h2-8,11,13H,9-10H2,1H3,(H,21,22,24)/t11-,13+/m1/s1. The lowest BCUT2D eigenvalue weighted by Gasteiger charge is -2.40.